The van der Waals surface area contributed by atoms with Gasteiger partial charge in [-0.15, -0.1) is 0 Å². The molecule has 8 nitrogen and oxygen atoms in total. The number of pyridine rings is 2. The maximum absolute atomic E-state index is 12.4. The number of anilines is 1. The molecule has 0 aliphatic carbocycles. The van der Waals surface area contributed by atoms with Crippen molar-refractivity contribution in [3.8, 4) is 0 Å². The first-order valence-corrected chi connectivity index (χ1v) is 8.88. The number of nitrogens with one attached hydrogen (secondary N) is 1. The Hall–Kier alpha value is -3.52. The number of carbonyl (C=O) groups is 2. The fourth-order valence-corrected chi connectivity index (χ4v) is 2.81. The van der Waals surface area contributed by atoms with Gasteiger partial charge >= 0.3 is 0 Å². The molecule has 1 aliphatic rings. The zero-order chi connectivity index (χ0) is 19.8. The number of piperazine rings is 1. The first-order chi connectivity index (χ1) is 13.7. The molecule has 1 fully saturated rings. The van der Waals surface area contributed by atoms with E-state index in [0.29, 0.717) is 24.5 Å². The number of aromatic nitrogens is 2. The van der Waals surface area contributed by atoms with Crippen molar-refractivity contribution in [1.29, 1.82) is 0 Å². The summed E-state index contributed by atoms with van der Waals surface area (Å²) in [6.45, 7) is 2.74. The highest BCUT2D eigenvalue weighted by molar-refractivity contribution is 5.92. The Bertz CT molecular complexity index is 874. The molecule has 2 N–H and O–H groups in total. The fourth-order valence-electron chi connectivity index (χ4n) is 2.81. The molecule has 3 rings (SSSR count). The number of hydrogen-bond acceptors (Lipinski definition) is 6. The van der Waals surface area contributed by atoms with Gasteiger partial charge in [-0.2, -0.15) is 0 Å². The highest BCUT2D eigenvalue weighted by atomic mass is 16.5. The lowest BCUT2D eigenvalue weighted by molar-refractivity contribution is -0.126. The lowest BCUT2D eigenvalue weighted by Crippen LogP contribution is -2.48. The van der Waals surface area contributed by atoms with E-state index < -0.39 is 5.91 Å². The van der Waals surface area contributed by atoms with Crippen molar-refractivity contribution in [2.75, 3.05) is 31.1 Å². The molecule has 144 valence electrons. The molecule has 1 saturated heterocycles. The molecule has 2 aromatic rings. The smallest absolute Gasteiger partial charge is 0.267 e. The zero-order valence-corrected chi connectivity index (χ0v) is 15.2. The summed E-state index contributed by atoms with van der Waals surface area (Å²) in [4.78, 5) is 36.1. The average Bonchev–Trinajstić information content (AvgIpc) is 2.76. The molecular formula is C20H21N5O3. The van der Waals surface area contributed by atoms with Crippen LogP contribution in [-0.4, -0.2) is 58.1 Å². The van der Waals surface area contributed by atoms with Crippen molar-refractivity contribution in [3.05, 3.63) is 66.1 Å². The third kappa shape index (κ3) is 5.24. The SMILES string of the molecule is O=C(C=Cc1cccc(C=CC(=O)N2CCN(c3ccccn3)CC2)n1)NO. The Morgan fingerprint density at radius 2 is 1.68 bits per heavy atom. The normalized spacial score (nSPS) is 14.6. The van der Waals surface area contributed by atoms with E-state index in [1.54, 1.807) is 35.4 Å². The van der Waals surface area contributed by atoms with Gasteiger partial charge in [0.05, 0.1) is 11.4 Å². The predicted octanol–water partition coefficient (Wildman–Crippen LogP) is 1.36. The van der Waals surface area contributed by atoms with Crippen LogP contribution in [0.5, 0.6) is 0 Å². The van der Waals surface area contributed by atoms with Gasteiger partial charge in [-0.1, -0.05) is 12.1 Å². The first kappa shape index (κ1) is 19.2. The molecule has 0 bridgehead atoms. The number of rotatable bonds is 5. The van der Waals surface area contributed by atoms with Crippen molar-refractivity contribution in [3.63, 3.8) is 0 Å². The van der Waals surface area contributed by atoms with Crippen LogP contribution in [0.4, 0.5) is 5.82 Å². The van der Waals surface area contributed by atoms with Crippen LogP contribution in [0.25, 0.3) is 12.2 Å². The van der Waals surface area contributed by atoms with Crippen LogP contribution >= 0.6 is 0 Å². The Kier molecular flexibility index (Phi) is 6.48. The molecule has 28 heavy (non-hydrogen) atoms. The van der Waals surface area contributed by atoms with Crippen molar-refractivity contribution in [1.82, 2.24) is 20.3 Å². The summed E-state index contributed by atoms with van der Waals surface area (Å²) in [6, 6.07) is 11.1. The van der Waals surface area contributed by atoms with E-state index in [4.69, 9.17) is 5.21 Å². The number of carbonyl (C=O) groups excluding carboxylic acids is 2. The second-order valence-corrected chi connectivity index (χ2v) is 6.13. The summed E-state index contributed by atoms with van der Waals surface area (Å²) in [5.74, 6) is 0.222. The van der Waals surface area contributed by atoms with E-state index in [9.17, 15) is 9.59 Å². The molecule has 0 unspecified atom stereocenters. The van der Waals surface area contributed by atoms with Gasteiger partial charge in [0.1, 0.15) is 5.82 Å². The minimum absolute atomic E-state index is 0.0666. The average molecular weight is 379 g/mol. The summed E-state index contributed by atoms with van der Waals surface area (Å²) in [5.41, 5.74) is 2.66. The van der Waals surface area contributed by atoms with Crippen LogP contribution in [0, 0.1) is 0 Å². The van der Waals surface area contributed by atoms with E-state index in [1.165, 1.54) is 23.7 Å². The highest BCUT2D eigenvalue weighted by Crippen LogP contribution is 2.13. The summed E-state index contributed by atoms with van der Waals surface area (Å²) in [7, 11) is 0. The van der Waals surface area contributed by atoms with Gasteiger partial charge in [-0.05, 0) is 36.4 Å². The lowest BCUT2D eigenvalue weighted by Gasteiger charge is -2.34. The Morgan fingerprint density at radius 1 is 0.964 bits per heavy atom. The Labute approximate surface area is 162 Å². The van der Waals surface area contributed by atoms with Crippen molar-refractivity contribution in [2.45, 2.75) is 0 Å². The third-order valence-corrected chi connectivity index (χ3v) is 4.27. The van der Waals surface area contributed by atoms with Crippen LogP contribution in [0.15, 0.2) is 54.7 Å². The quantitative estimate of drug-likeness (QED) is 0.462. The van der Waals surface area contributed by atoms with Crippen LogP contribution in [0.2, 0.25) is 0 Å². The lowest BCUT2D eigenvalue weighted by atomic mass is 10.2. The summed E-state index contributed by atoms with van der Waals surface area (Å²) >= 11 is 0. The summed E-state index contributed by atoms with van der Waals surface area (Å²) < 4.78 is 0. The van der Waals surface area contributed by atoms with Gasteiger partial charge in [0.2, 0.25) is 5.91 Å². The van der Waals surface area contributed by atoms with Crippen LogP contribution in [-0.2, 0) is 9.59 Å². The molecule has 0 saturated carbocycles. The van der Waals surface area contributed by atoms with Crippen molar-refractivity contribution in [2.24, 2.45) is 0 Å². The molecule has 3 heterocycles. The van der Waals surface area contributed by atoms with E-state index in [2.05, 4.69) is 14.9 Å². The van der Waals surface area contributed by atoms with E-state index in [1.807, 2.05) is 18.2 Å². The second-order valence-electron chi connectivity index (χ2n) is 6.13. The number of amides is 2. The summed E-state index contributed by atoms with van der Waals surface area (Å²) in [6.07, 6.45) is 7.56. The molecule has 0 spiro atoms. The van der Waals surface area contributed by atoms with Crippen LogP contribution in [0.3, 0.4) is 0 Å². The van der Waals surface area contributed by atoms with Gasteiger partial charge in [0.25, 0.3) is 5.91 Å². The monoisotopic (exact) mass is 379 g/mol. The van der Waals surface area contributed by atoms with E-state index >= 15 is 0 Å². The number of hydroxylamine groups is 1. The van der Waals surface area contributed by atoms with E-state index in [-0.39, 0.29) is 5.91 Å². The molecule has 1 aliphatic heterocycles. The van der Waals surface area contributed by atoms with Crippen LogP contribution < -0.4 is 10.4 Å². The highest BCUT2D eigenvalue weighted by Gasteiger charge is 2.20. The molecule has 0 radical (unpaired) electrons. The predicted molar refractivity (Wildman–Crippen MR) is 105 cm³/mol. The van der Waals surface area contributed by atoms with Gasteiger partial charge in [0.15, 0.2) is 0 Å². The van der Waals surface area contributed by atoms with Gasteiger partial charge in [0, 0.05) is 44.5 Å². The van der Waals surface area contributed by atoms with E-state index in [0.717, 1.165) is 18.9 Å². The minimum Gasteiger partial charge on any atom is -0.353 e. The molecule has 8 heteroatoms. The van der Waals surface area contributed by atoms with Crippen molar-refractivity contribution >= 4 is 29.8 Å². The van der Waals surface area contributed by atoms with Crippen LogP contribution in [0.1, 0.15) is 11.4 Å². The van der Waals surface area contributed by atoms with Gasteiger partial charge in [-0.3, -0.25) is 14.8 Å². The molecule has 0 atom stereocenters. The second kappa shape index (κ2) is 9.43. The molecular weight excluding hydrogens is 358 g/mol. The Morgan fingerprint density at radius 3 is 2.32 bits per heavy atom. The van der Waals surface area contributed by atoms with Gasteiger partial charge < -0.3 is 9.80 Å². The first-order valence-electron chi connectivity index (χ1n) is 8.88. The zero-order valence-electron chi connectivity index (χ0n) is 15.2. The molecule has 2 amide bonds. The maximum Gasteiger partial charge on any atom is 0.267 e. The number of hydrogen-bond donors (Lipinski definition) is 2. The standard InChI is InChI=1S/C20H21N5O3/c26-19(23-28)9-7-16-4-3-5-17(22-16)8-10-20(27)25-14-12-24(13-15-25)18-6-1-2-11-21-18/h1-11,28H,12-15H2,(H,23,26). The fraction of sp³-hybridized carbons (Fsp3) is 0.200. The molecule has 2 aromatic heterocycles. The maximum atomic E-state index is 12.4. The number of nitrogens with zero attached hydrogens (tertiary/aromatic N) is 4. The summed E-state index contributed by atoms with van der Waals surface area (Å²) in [5, 5.41) is 8.49. The topological polar surface area (TPSA) is 98.7 Å². The Balaban J connectivity index is 1.56. The van der Waals surface area contributed by atoms with Gasteiger partial charge in [-0.25, -0.2) is 15.4 Å². The third-order valence-electron chi connectivity index (χ3n) is 4.27. The largest absolute Gasteiger partial charge is 0.353 e. The molecule has 0 aromatic carbocycles. The minimum atomic E-state index is -0.636. The van der Waals surface area contributed by atoms with Crippen molar-refractivity contribution < 1.29 is 14.8 Å².